The van der Waals surface area contributed by atoms with Crippen LogP contribution in [0.5, 0.6) is 0 Å². The van der Waals surface area contributed by atoms with Crippen LogP contribution in [0, 0.1) is 0 Å². The highest BCUT2D eigenvalue weighted by atomic mass is 16.3. The van der Waals surface area contributed by atoms with Gasteiger partial charge in [-0.15, -0.1) is 0 Å². The summed E-state index contributed by atoms with van der Waals surface area (Å²) in [5.74, 6) is -0.0197. The molecule has 2 N–H and O–H groups in total. The third-order valence-corrected chi connectivity index (χ3v) is 4.75. The van der Waals surface area contributed by atoms with Gasteiger partial charge < -0.3 is 15.3 Å². The van der Waals surface area contributed by atoms with Crippen LogP contribution in [0.2, 0.25) is 0 Å². The number of rotatable bonds is 6. The summed E-state index contributed by atoms with van der Waals surface area (Å²) in [6.45, 7) is 3.56. The normalized spacial score (nSPS) is 15.9. The third kappa shape index (κ3) is 5.15. The number of nitrogens with one attached hydrogen (secondary N) is 1. The zero-order valence-electron chi connectivity index (χ0n) is 14.5. The van der Waals surface area contributed by atoms with Gasteiger partial charge in [0.05, 0.1) is 6.10 Å². The lowest BCUT2D eigenvalue weighted by atomic mass is 10.0. The molecule has 1 aliphatic heterocycles. The molecule has 1 amide bonds. The van der Waals surface area contributed by atoms with Crippen molar-refractivity contribution < 1.29 is 9.90 Å². The Morgan fingerprint density at radius 2 is 1.64 bits per heavy atom. The minimum atomic E-state index is -0.130. The molecule has 1 heterocycles. The van der Waals surface area contributed by atoms with Crippen LogP contribution >= 0.6 is 0 Å². The summed E-state index contributed by atoms with van der Waals surface area (Å²) in [6.07, 6.45) is 2.53. The Morgan fingerprint density at radius 1 is 1.00 bits per heavy atom. The molecule has 2 aromatic rings. The lowest BCUT2D eigenvalue weighted by Gasteiger charge is -2.29. The van der Waals surface area contributed by atoms with Crippen LogP contribution < -0.4 is 5.32 Å². The molecular weight excluding hydrogens is 312 g/mol. The Balaban J connectivity index is 1.42. The Kier molecular flexibility index (Phi) is 6.20. The van der Waals surface area contributed by atoms with E-state index in [1.807, 2.05) is 42.5 Å². The van der Waals surface area contributed by atoms with Gasteiger partial charge in [0, 0.05) is 25.2 Å². The van der Waals surface area contributed by atoms with Gasteiger partial charge in [-0.2, -0.15) is 0 Å². The number of carbonyl (C=O) groups excluding carboxylic acids is 1. The van der Waals surface area contributed by atoms with Gasteiger partial charge in [0.2, 0.25) is 0 Å². The maximum absolute atomic E-state index is 12.2. The lowest BCUT2D eigenvalue weighted by Crippen LogP contribution is -2.37. The maximum Gasteiger partial charge on any atom is 0.251 e. The molecule has 1 saturated heterocycles. The average Bonchev–Trinajstić information content (AvgIpc) is 2.67. The topological polar surface area (TPSA) is 52.6 Å². The zero-order valence-corrected chi connectivity index (χ0v) is 14.5. The number of benzene rings is 2. The molecule has 3 rings (SSSR count). The highest BCUT2D eigenvalue weighted by Gasteiger charge is 2.16. The molecule has 0 radical (unpaired) electrons. The van der Waals surface area contributed by atoms with Crippen molar-refractivity contribution in [1.29, 1.82) is 0 Å². The lowest BCUT2D eigenvalue weighted by molar-refractivity contribution is 0.0816. The molecule has 4 nitrogen and oxygen atoms in total. The number of nitrogens with zero attached hydrogens (tertiary/aromatic N) is 1. The molecule has 0 spiro atoms. The predicted molar refractivity (Wildman–Crippen MR) is 101 cm³/mol. The first-order chi connectivity index (χ1) is 12.2. The van der Waals surface area contributed by atoms with Crippen molar-refractivity contribution >= 4 is 5.91 Å². The Hall–Kier alpha value is -2.17. The number of aliphatic hydroxyl groups is 1. The van der Waals surface area contributed by atoms with E-state index in [1.54, 1.807) is 0 Å². The van der Waals surface area contributed by atoms with Crippen molar-refractivity contribution in [2.45, 2.75) is 25.4 Å². The molecule has 0 unspecified atom stereocenters. The van der Waals surface area contributed by atoms with Crippen molar-refractivity contribution in [2.24, 2.45) is 0 Å². The number of piperidine rings is 1. The van der Waals surface area contributed by atoms with Gasteiger partial charge in [-0.1, -0.05) is 42.5 Å². The highest BCUT2D eigenvalue weighted by molar-refractivity contribution is 5.94. The van der Waals surface area contributed by atoms with E-state index in [2.05, 4.69) is 22.3 Å². The third-order valence-electron chi connectivity index (χ3n) is 4.75. The minimum absolute atomic E-state index is 0.0197. The fourth-order valence-electron chi connectivity index (χ4n) is 3.19. The summed E-state index contributed by atoms with van der Waals surface area (Å²) in [5.41, 5.74) is 2.96. The number of amides is 1. The van der Waals surface area contributed by atoms with Crippen molar-refractivity contribution in [3.8, 4) is 11.1 Å². The number of hydrogen-bond acceptors (Lipinski definition) is 3. The van der Waals surface area contributed by atoms with Gasteiger partial charge >= 0.3 is 0 Å². The molecule has 0 bridgehead atoms. The highest BCUT2D eigenvalue weighted by Crippen LogP contribution is 2.19. The van der Waals surface area contributed by atoms with E-state index in [-0.39, 0.29) is 12.0 Å². The van der Waals surface area contributed by atoms with E-state index in [0.29, 0.717) is 12.1 Å². The summed E-state index contributed by atoms with van der Waals surface area (Å²) < 4.78 is 0. The van der Waals surface area contributed by atoms with Crippen LogP contribution in [-0.4, -0.2) is 48.2 Å². The summed E-state index contributed by atoms with van der Waals surface area (Å²) in [4.78, 5) is 14.6. The molecular formula is C21H26N2O2. The largest absolute Gasteiger partial charge is 0.393 e. The van der Waals surface area contributed by atoms with Gasteiger partial charge in [-0.3, -0.25) is 4.79 Å². The molecule has 1 fully saturated rings. The number of hydrogen-bond donors (Lipinski definition) is 2. The quantitative estimate of drug-likeness (QED) is 0.796. The summed E-state index contributed by atoms with van der Waals surface area (Å²) >= 11 is 0. The van der Waals surface area contributed by atoms with E-state index >= 15 is 0 Å². The molecule has 0 aliphatic carbocycles. The average molecular weight is 338 g/mol. The summed E-state index contributed by atoms with van der Waals surface area (Å²) in [5, 5.41) is 12.5. The van der Waals surface area contributed by atoms with Gasteiger partial charge in [0.1, 0.15) is 0 Å². The van der Waals surface area contributed by atoms with E-state index in [9.17, 15) is 9.90 Å². The monoisotopic (exact) mass is 338 g/mol. The number of carbonyl (C=O) groups is 1. The number of aliphatic hydroxyl groups excluding tert-OH is 1. The summed E-state index contributed by atoms with van der Waals surface area (Å²) in [7, 11) is 0. The van der Waals surface area contributed by atoms with Gasteiger partial charge in [-0.25, -0.2) is 0 Å². The van der Waals surface area contributed by atoms with E-state index in [4.69, 9.17) is 0 Å². The van der Waals surface area contributed by atoms with E-state index in [0.717, 1.165) is 50.0 Å². The van der Waals surface area contributed by atoms with Crippen LogP contribution in [0.25, 0.3) is 11.1 Å². The molecule has 0 saturated carbocycles. The smallest absolute Gasteiger partial charge is 0.251 e. The SMILES string of the molecule is O=C(NCCCN1CCC(O)CC1)c1ccc(-c2ccccc2)cc1. The first-order valence-electron chi connectivity index (χ1n) is 9.06. The predicted octanol–water partition coefficient (Wildman–Crippen LogP) is 2.93. The second-order valence-electron chi connectivity index (χ2n) is 6.63. The minimum Gasteiger partial charge on any atom is -0.393 e. The van der Waals surface area contributed by atoms with Crippen LogP contribution in [0.15, 0.2) is 54.6 Å². The van der Waals surface area contributed by atoms with Crippen LogP contribution in [0.4, 0.5) is 0 Å². The van der Waals surface area contributed by atoms with Gasteiger partial charge in [0.25, 0.3) is 5.91 Å². The second-order valence-corrected chi connectivity index (χ2v) is 6.63. The first kappa shape index (κ1) is 17.6. The molecule has 25 heavy (non-hydrogen) atoms. The van der Waals surface area contributed by atoms with E-state index < -0.39 is 0 Å². The fourth-order valence-corrected chi connectivity index (χ4v) is 3.19. The number of likely N-dealkylation sites (tertiary alicyclic amines) is 1. The molecule has 4 heteroatoms. The summed E-state index contributed by atoms with van der Waals surface area (Å²) in [6, 6.07) is 17.9. The maximum atomic E-state index is 12.2. The second kappa shape index (κ2) is 8.79. The first-order valence-corrected chi connectivity index (χ1v) is 9.06. The van der Waals surface area contributed by atoms with Gasteiger partial charge in [0.15, 0.2) is 0 Å². The Morgan fingerprint density at radius 3 is 2.32 bits per heavy atom. The van der Waals surface area contributed by atoms with Crippen molar-refractivity contribution in [2.75, 3.05) is 26.2 Å². The van der Waals surface area contributed by atoms with Crippen molar-refractivity contribution in [3.63, 3.8) is 0 Å². The van der Waals surface area contributed by atoms with Crippen LogP contribution in [0.1, 0.15) is 29.6 Å². The van der Waals surface area contributed by atoms with Crippen molar-refractivity contribution in [1.82, 2.24) is 10.2 Å². The molecule has 0 atom stereocenters. The van der Waals surface area contributed by atoms with Crippen LogP contribution in [0.3, 0.4) is 0 Å². The molecule has 2 aromatic carbocycles. The fraction of sp³-hybridized carbons (Fsp3) is 0.381. The molecule has 0 aromatic heterocycles. The van der Waals surface area contributed by atoms with Crippen molar-refractivity contribution in [3.05, 3.63) is 60.2 Å². The molecule has 1 aliphatic rings. The zero-order chi connectivity index (χ0) is 17.5. The van der Waals surface area contributed by atoms with Crippen LogP contribution in [-0.2, 0) is 0 Å². The van der Waals surface area contributed by atoms with Gasteiger partial charge in [-0.05, 0) is 49.1 Å². The van der Waals surface area contributed by atoms with E-state index in [1.165, 1.54) is 0 Å². The Bertz CT molecular complexity index is 662. The standard InChI is InChI=1S/C21H26N2O2/c24-20-11-15-23(16-12-20)14-4-13-22-21(25)19-9-7-18(8-10-19)17-5-2-1-3-6-17/h1-3,5-10,20,24H,4,11-16H2,(H,22,25). The molecule has 132 valence electrons. The Labute approximate surface area is 149 Å².